The molecule has 1 aliphatic heterocycles. The van der Waals surface area contributed by atoms with E-state index >= 15 is 0 Å². The van der Waals surface area contributed by atoms with E-state index in [9.17, 15) is 0 Å². The maximum Gasteiger partial charge on any atom is 0.131 e. The second kappa shape index (κ2) is 5.69. The van der Waals surface area contributed by atoms with Crippen LogP contribution in [0.4, 0.5) is 5.69 Å². The lowest BCUT2D eigenvalue weighted by atomic mass is 10.0. The zero-order valence-corrected chi connectivity index (χ0v) is 11.2. The average molecular weight is 254 g/mol. The fourth-order valence-corrected chi connectivity index (χ4v) is 2.46. The first kappa shape index (κ1) is 12.7. The van der Waals surface area contributed by atoms with Gasteiger partial charge in [0.25, 0.3) is 0 Å². The van der Waals surface area contributed by atoms with Gasteiger partial charge in [0.1, 0.15) is 5.15 Å². The summed E-state index contributed by atoms with van der Waals surface area (Å²) in [6, 6.07) is 5.08. The van der Waals surface area contributed by atoms with Crippen LogP contribution in [-0.2, 0) is 0 Å². The van der Waals surface area contributed by atoms with Crippen molar-refractivity contribution in [3.05, 3.63) is 23.5 Å². The van der Waals surface area contributed by atoms with E-state index in [2.05, 4.69) is 29.0 Å². The fourth-order valence-electron chi connectivity index (χ4n) is 2.29. The smallest absolute Gasteiger partial charge is 0.131 e. The molecule has 1 fully saturated rings. The van der Waals surface area contributed by atoms with Gasteiger partial charge in [0.15, 0.2) is 0 Å². The lowest BCUT2D eigenvalue weighted by molar-refractivity contribution is 0.177. The largest absolute Gasteiger partial charge is 0.382 e. The van der Waals surface area contributed by atoms with Gasteiger partial charge in [0.2, 0.25) is 0 Å². The van der Waals surface area contributed by atoms with E-state index in [1.807, 2.05) is 12.1 Å². The number of nitrogens with zero attached hydrogens (tertiary/aromatic N) is 2. The molecule has 17 heavy (non-hydrogen) atoms. The van der Waals surface area contributed by atoms with Crippen molar-refractivity contribution in [2.75, 3.05) is 18.4 Å². The summed E-state index contributed by atoms with van der Waals surface area (Å²) < 4.78 is 0. The van der Waals surface area contributed by atoms with Gasteiger partial charge >= 0.3 is 0 Å². The Labute approximate surface area is 108 Å². The molecule has 2 heterocycles. The third-order valence-electron chi connectivity index (χ3n) is 3.36. The van der Waals surface area contributed by atoms with Gasteiger partial charge in [-0.3, -0.25) is 0 Å². The number of rotatable bonds is 3. The first-order valence-electron chi connectivity index (χ1n) is 6.27. The Morgan fingerprint density at radius 2 is 2.12 bits per heavy atom. The minimum Gasteiger partial charge on any atom is -0.382 e. The van der Waals surface area contributed by atoms with Crippen LogP contribution in [0.3, 0.4) is 0 Å². The second-order valence-electron chi connectivity index (χ2n) is 4.92. The van der Waals surface area contributed by atoms with Crippen molar-refractivity contribution in [3.8, 4) is 0 Å². The number of piperidine rings is 1. The Morgan fingerprint density at radius 1 is 1.41 bits per heavy atom. The Kier molecular flexibility index (Phi) is 4.24. The summed E-state index contributed by atoms with van der Waals surface area (Å²) in [5.41, 5.74) is 1.08. The first-order valence-corrected chi connectivity index (χ1v) is 6.65. The molecular weight excluding hydrogens is 234 g/mol. The molecule has 0 aromatic carbocycles. The molecule has 0 spiro atoms. The summed E-state index contributed by atoms with van der Waals surface area (Å²) in [7, 11) is 0. The van der Waals surface area contributed by atoms with Crippen LogP contribution < -0.4 is 5.32 Å². The van der Waals surface area contributed by atoms with E-state index in [0.29, 0.717) is 17.2 Å². The van der Waals surface area contributed by atoms with E-state index in [0.717, 1.165) is 5.69 Å². The van der Waals surface area contributed by atoms with Crippen LogP contribution in [0.25, 0.3) is 0 Å². The van der Waals surface area contributed by atoms with Gasteiger partial charge in [-0.1, -0.05) is 11.6 Å². The maximum atomic E-state index is 5.87. The minimum atomic E-state index is 0.551. The lowest BCUT2D eigenvalue weighted by Gasteiger charge is -2.35. The Balaban J connectivity index is 1.86. The predicted octanol–water partition coefficient (Wildman–Crippen LogP) is 3.02. The predicted molar refractivity (Wildman–Crippen MR) is 72.6 cm³/mol. The molecule has 0 bridgehead atoms. The second-order valence-corrected chi connectivity index (χ2v) is 5.30. The Bertz CT molecular complexity index is 359. The van der Waals surface area contributed by atoms with Crippen LogP contribution in [0.5, 0.6) is 0 Å². The number of hydrogen-bond donors (Lipinski definition) is 1. The maximum absolute atomic E-state index is 5.87. The van der Waals surface area contributed by atoms with Gasteiger partial charge < -0.3 is 10.2 Å². The Hall–Kier alpha value is -0.800. The van der Waals surface area contributed by atoms with Crippen LogP contribution in [0, 0.1) is 0 Å². The van der Waals surface area contributed by atoms with E-state index < -0.39 is 0 Å². The van der Waals surface area contributed by atoms with Gasteiger partial charge in [0, 0.05) is 37.1 Å². The number of nitrogens with one attached hydrogen (secondary N) is 1. The number of hydrogen-bond acceptors (Lipinski definition) is 3. The molecule has 1 saturated heterocycles. The molecule has 1 N–H and O–H groups in total. The summed E-state index contributed by atoms with van der Waals surface area (Å²) in [6.07, 6.45) is 4.13. The van der Waals surface area contributed by atoms with Gasteiger partial charge in [0.05, 0.1) is 0 Å². The highest BCUT2D eigenvalue weighted by Gasteiger charge is 2.20. The van der Waals surface area contributed by atoms with Crippen LogP contribution in [0.2, 0.25) is 5.15 Å². The number of likely N-dealkylation sites (tertiary alicyclic amines) is 1. The molecule has 0 unspecified atom stereocenters. The molecule has 0 saturated carbocycles. The van der Waals surface area contributed by atoms with Gasteiger partial charge in [-0.25, -0.2) is 4.98 Å². The summed E-state index contributed by atoms with van der Waals surface area (Å²) >= 11 is 5.87. The zero-order chi connectivity index (χ0) is 12.3. The van der Waals surface area contributed by atoms with Crippen LogP contribution in [-0.4, -0.2) is 35.1 Å². The molecule has 4 heteroatoms. The summed E-state index contributed by atoms with van der Waals surface area (Å²) in [6.45, 7) is 6.87. The number of halogens is 1. The van der Waals surface area contributed by atoms with E-state index in [1.165, 1.54) is 25.9 Å². The lowest BCUT2D eigenvalue weighted by Crippen LogP contribution is -2.42. The summed E-state index contributed by atoms with van der Waals surface area (Å²) in [5.74, 6) is 0. The van der Waals surface area contributed by atoms with E-state index in [1.54, 1.807) is 6.20 Å². The van der Waals surface area contributed by atoms with Crippen LogP contribution in [0.15, 0.2) is 18.3 Å². The molecule has 1 aromatic rings. The van der Waals surface area contributed by atoms with Crippen LogP contribution in [0.1, 0.15) is 26.7 Å². The van der Waals surface area contributed by atoms with Crippen molar-refractivity contribution in [2.45, 2.75) is 38.8 Å². The summed E-state index contributed by atoms with van der Waals surface area (Å²) in [5, 5.41) is 4.08. The van der Waals surface area contributed by atoms with Gasteiger partial charge in [-0.05, 0) is 38.8 Å². The standard InChI is InChI=1S/C13H20ClN3/c1-10(2)17-7-4-11(5-8-17)16-12-3-6-15-13(14)9-12/h3,6,9-11H,4-5,7-8H2,1-2H3,(H,15,16). The van der Waals surface area contributed by atoms with Gasteiger partial charge in [-0.15, -0.1) is 0 Å². The van der Waals surface area contributed by atoms with Crippen molar-refractivity contribution < 1.29 is 0 Å². The van der Waals surface area contributed by atoms with Gasteiger partial charge in [-0.2, -0.15) is 0 Å². The topological polar surface area (TPSA) is 28.2 Å². The summed E-state index contributed by atoms with van der Waals surface area (Å²) in [4.78, 5) is 6.51. The van der Waals surface area contributed by atoms with Crippen LogP contribution >= 0.6 is 11.6 Å². The molecule has 94 valence electrons. The molecule has 0 radical (unpaired) electrons. The molecule has 0 atom stereocenters. The molecular formula is C13H20ClN3. The van der Waals surface area contributed by atoms with E-state index in [-0.39, 0.29) is 0 Å². The molecule has 2 rings (SSSR count). The third kappa shape index (κ3) is 3.58. The molecule has 1 aromatic heterocycles. The zero-order valence-electron chi connectivity index (χ0n) is 10.5. The number of pyridine rings is 1. The Morgan fingerprint density at radius 3 is 2.71 bits per heavy atom. The first-order chi connectivity index (χ1) is 8.15. The third-order valence-corrected chi connectivity index (χ3v) is 3.56. The highest BCUT2D eigenvalue weighted by atomic mass is 35.5. The number of aromatic nitrogens is 1. The highest BCUT2D eigenvalue weighted by Crippen LogP contribution is 2.19. The SMILES string of the molecule is CC(C)N1CCC(Nc2ccnc(Cl)c2)CC1. The number of anilines is 1. The monoisotopic (exact) mass is 253 g/mol. The van der Waals surface area contributed by atoms with Crippen molar-refractivity contribution in [2.24, 2.45) is 0 Å². The quantitative estimate of drug-likeness (QED) is 0.840. The van der Waals surface area contributed by atoms with E-state index in [4.69, 9.17) is 11.6 Å². The molecule has 0 amide bonds. The van der Waals surface area contributed by atoms with Crippen molar-refractivity contribution in [1.82, 2.24) is 9.88 Å². The minimum absolute atomic E-state index is 0.551. The highest BCUT2D eigenvalue weighted by molar-refractivity contribution is 6.29. The average Bonchev–Trinajstić information content (AvgIpc) is 2.29. The fraction of sp³-hybridized carbons (Fsp3) is 0.615. The van der Waals surface area contributed by atoms with Crippen molar-refractivity contribution >= 4 is 17.3 Å². The molecule has 1 aliphatic rings. The normalized spacial score (nSPS) is 18.6. The van der Waals surface area contributed by atoms with Crippen molar-refractivity contribution in [3.63, 3.8) is 0 Å². The van der Waals surface area contributed by atoms with Crippen molar-refractivity contribution in [1.29, 1.82) is 0 Å². The molecule has 3 nitrogen and oxygen atoms in total. The molecule has 0 aliphatic carbocycles.